The van der Waals surface area contributed by atoms with Gasteiger partial charge in [-0.15, -0.1) is 0 Å². The lowest BCUT2D eigenvalue weighted by molar-refractivity contribution is 0.415. The lowest BCUT2D eigenvalue weighted by atomic mass is 10.0. The number of nitrogens with zero attached hydrogens (tertiary/aromatic N) is 2. The Morgan fingerprint density at radius 1 is 0.815 bits per heavy atom. The van der Waals surface area contributed by atoms with E-state index in [1.54, 1.807) is 37.2 Å². The van der Waals surface area contributed by atoms with Gasteiger partial charge in [-0.2, -0.15) is 5.10 Å². The molecule has 0 aliphatic rings. The fourth-order valence-corrected chi connectivity index (χ4v) is 3.35. The van der Waals surface area contributed by atoms with Crippen molar-refractivity contribution in [2.24, 2.45) is 0 Å². The SMILES string of the molecule is COc1ccc2cc(-c3c(OC)cnn3-c3ccc(Cl)c(Cl)c3)ccc2c1. The first-order valence-electron chi connectivity index (χ1n) is 8.26. The molecule has 0 aliphatic heterocycles. The highest BCUT2D eigenvalue weighted by Crippen LogP contribution is 2.35. The van der Waals surface area contributed by atoms with Gasteiger partial charge in [0.15, 0.2) is 5.75 Å². The average Bonchev–Trinajstić information content (AvgIpc) is 3.13. The predicted octanol–water partition coefficient (Wildman–Crippen LogP) is 6.02. The molecule has 1 heterocycles. The van der Waals surface area contributed by atoms with E-state index in [2.05, 4.69) is 17.2 Å². The number of halogens is 2. The van der Waals surface area contributed by atoms with E-state index in [1.807, 2.05) is 30.3 Å². The quantitative estimate of drug-likeness (QED) is 0.421. The van der Waals surface area contributed by atoms with Crippen molar-refractivity contribution < 1.29 is 9.47 Å². The van der Waals surface area contributed by atoms with Crippen molar-refractivity contribution >= 4 is 34.0 Å². The number of fused-ring (bicyclic) bond motifs is 1. The number of hydrogen-bond donors (Lipinski definition) is 0. The number of hydrogen-bond acceptors (Lipinski definition) is 3. The Morgan fingerprint density at radius 2 is 1.59 bits per heavy atom. The van der Waals surface area contributed by atoms with Gasteiger partial charge in [-0.05, 0) is 47.2 Å². The Balaban J connectivity index is 1.89. The molecule has 4 rings (SSSR count). The van der Waals surface area contributed by atoms with E-state index in [-0.39, 0.29) is 0 Å². The molecular weight excluding hydrogens is 383 g/mol. The van der Waals surface area contributed by atoms with Crippen LogP contribution >= 0.6 is 23.2 Å². The fourth-order valence-electron chi connectivity index (χ4n) is 3.06. The lowest BCUT2D eigenvalue weighted by Crippen LogP contribution is -2.00. The fraction of sp³-hybridized carbons (Fsp3) is 0.0952. The third-order valence-electron chi connectivity index (χ3n) is 4.42. The molecule has 4 nitrogen and oxygen atoms in total. The van der Waals surface area contributed by atoms with Gasteiger partial charge in [0.2, 0.25) is 0 Å². The summed E-state index contributed by atoms with van der Waals surface area (Å²) >= 11 is 12.2. The highest BCUT2D eigenvalue weighted by Gasteiger charge is 2.16. The van der Waals surface area contributed by atoms with Crippen LogP contribution in [0.1, 0.15) is 0 Å². The van der Waals surface area contributed by atoms with Crippen LogP contribution in [-0.2, 0) is 0 Å². The van der Waals surface area contributed by atoms with Gasteiger partial charge in [0.1, 0.15) is 11.4 Å². The Hall–Kier alpha value is -2.69. The Kier molecular flexibility index (Phi) is 4.68. The number of methoxy groups -OCH3 is 2. The monoisotopic (exact) mass is 398 g/mol. The van der Waals surface area contributed by atoms with Crippen LogP contribution in [-0.4, -0.2) is 24.0 Å². The van der Waals surface area contributed by atoms with Crippen molar-refractivity contribution in [1.29, 1.82) is 0 Å². The normalized spacial score (nSPS) is 11.0. The van der Waals surface area contributed by atoms with Crippen LogP contribution < -0.4 is 9.47 Å². The third-order valence-corrected chi connectivity index (χ3v) is 5.16. The van der Waals surface area contributed by atoms with Gasteiger partial charge in [-0.25, -0.2) is 4.68 Å². The van der Waals surface area contributed by atoms with Gasteiger partial charge in [0.25, 0.3) is 0 Å². The van der Waals surface area contributed by atoms with Crippen molar-refractivity contribution in [3.63, 3.8) is 0 Å². The summed E-state index contributed by atoms with van der Waals surface area (Å²) in [5, 5.41) is 7.64. The molecule has 0 saturated heterocycles. The van der Waals surface area contributed by atoms with E-state index in [0.717, 1.165) is 33.5 Å². The molecule has 0 bridgehead atoms. The molecule has 136 valence electrons. The van der Waals surface area contributed by atoms with Crippen LogP contribution in [0.15, 0.2) is 60.8 Å². The van der Waals surface area contributed by atoms with E-state index in [1.165, 1.54) is 0 Å². The van der Waals surface area contributed by atoms with Gasteiger partial charge >= 0.3 is 0 Å². The molecule has 0 fully saturated rings. The minimum absolute atomic E-state index is 0.472. The van der Waals surface area contributed by atoms with Gasteiger partial charge in [-0.1, -0.05) is 41.4 Å². The zero-order chi connectivity index (χ0) is 19.0. The van der Waals surface area contributed by atoms with Crippen LogP contribution in [0.25, 0.3) is 27.7 Å². The van der Waals surface area contributed by atoms with Crippen LogP contribution in [0.4, 0.5) is 0 Å². The molecule has 0 spiro atoms. The summed E-state index contributed by atoms with van der Waals surface area (Å²) in [7, 11) is 3.29. The maximum Gasteiger partial charge on any atom is 0.165 e. The van der Waals surface area contributed by atoms with Crippen molar-refractivity contribution in [3.8, 4) is 28.4 Å². The highest BCUT2D eigenvalue weighted by atomic mass is 35.5. The molecule has 0 aliphatic carbocycles. The van der Waals surface area contributed by atoms with E-state index in [0.29, 0.717) is 15.8 Å². The molecule has 1 aromatic heterocycles. The summed E-state index contributed by atoms with van der Waals surface area (Å²) in [5.74, 6) is 1.50. The molecule has 0 unspecified atom stereocenters. The topological polar surface area (TPSA) is 36.3 Å². The standard InChI is InChI=1S/C21H16Cl2N2O2/c1-26-17-7-5-13-9-15(4-3-14(13)10-17)21-20(27-2)12-24-25(21)16-6-8-18(22)19(23)11-16/h3-12H,1-2H3. The van der Waals surface area contributed by atoms with E-state index >= 15 is 0 Å². The summed E-state index contributed by atoms with van der Waals surface area (Å²) in [5.41, 5.74) is 2.62. The molecular formula is C21H16Cl2N2O2. The summed E-state index contributed by atoms with van der Waals surface area (Å²) in [6.07, 6.45) is 1.69. The molecule has 0 atom stereocenters. The second kappa shape index (κ2) is 7.14. The smallest absolute Gasteiger partial charge is 0.165 e. The maximum absolute atomic E-state index is 6.19. The molecule has 6 heteroatoms. The Morgan fingerprint density at radius 3 is 2.33 bits per heavy atom. The summed E-state index contributed by atoms with van der Waals surface area (Å²) in [6, 6.07) is 17.6. The van der Waals surface area contributed by atoms with E-state index < -0.39 is 0 Å². The van der Waals surface area contributed by atoms with Crippen molar-refractivity contribution in [3.05, 3.63) is 70.8 Å². The largest absolute Gasteiger partial charge is 0.497 e. The summed E-state index contributed by atoms with van der Waals surface area (Å²) < 4.78 is 12.6. The van der Waals surface area contributed by atoms with Crippen molar-refractivity contribution in [1.82, 2.24) is 9.78 Å². The molecule has 0 amide bonds. The first kappa shape index (κ1) is 17.7. The van der Waals surface area contributed by atoms with Crippen LogP contribution in [0.2, 0.25) is 10.0 Å². The molecule has 4 aromatic rings. The van der Waals surface area contributed by atoms with E-state index in [4.69, 9.17) is 32.7 Å². The van der Waals surface area contributed by atoms with Crippen LogP contribution in [0.5, 0.6) is 11.5 Å². The molecule has 27 heavy (non-hydrogen) atoms. The first-order valence-corrected chi connectivity index (χ1v) is 9.02. The maximum atomic E-state index is 6.19. The molecule has 0 radical (unpaired) electrons. The van der Waals surface area contributed by atoms with Crippen LogP contribution in [0.3, 0.4) is 0 Å². The van der Waals surface area contributed by atoms with Crippen molar-refractivity contribution in [2.75, 3.05) is 14.2 Å². The van der Waals surface area contributed by atoms with E-state index in [9.17, 15) is 0 Å². The number of benzene rings is 3. The van der Waals surface area contributed by atoms with Crippen LogP contribution in [0, 0.1) is 0 Å². The average molecular weight is 399 g/mol. The van der Waals surface area contributed by atoms with Crippen molar-refractivity contribution in [2.45, 2.75) is 0 Å². The first-order chi connectivity index (χ1) is 13.1. The minimum atomic E-state index is 0.472. The number of ether oxygens (including phenoxy) is 2. The van der Waals surface area contributed by atoms with Gasteiger partial charge in [0.05, 0.1) is 36.1 Å². The summed E-state index contributed by atoms with van der Waals surface area (Å²) in [6.45, 7) is 0. The third kappa shape index (κ3) is 3.22. The lowest BCUT2D eigenvalue weighted by Gasteiger charge is -2.11. The zero-order valence-electron chi connectivity index (χ0n) is 14.7. The second-order valence-corrected chi connectivity index (χ2v) is 6.81. The minimum Gasteiger partial charge on any atom is -0.497 e. The molecule has 0 saturated carbocycles. The van der Waals surface area contributed by atoms with Gasteiger partial charge in [0, 0.05) is 5.56 Å². The summed E-state index contributed by atoms with van der Waals surface area (Å²) in [4.78, 5) is 0. The molecule has 3 aromatic carbocycles. The van der Waals surface area contributed by atoms with Gasteiger partial charge in [-0.3, -0.25) is 0 Å². The highest BCUT2D eigenvalue weighted by molar-refractivity contribution is 6.42. The zero-order valence-corrected chi connectivity index (χ0v) is 16.3. The Bertz CT molecular complexity index is 1140. The van der Waals surface area contributed by atoms with Gasteiger partial charge < -0.3 is 9.47 Å². The Labute approximate surface area is 166 Å². The number of aromatic nitrogens is 2. The number of rotatable bonds is 4. The second-order valence-electron chi connectivity index (χ2n) is 6.00. The molecule has 0 N–H and O–H groups in total. The predicted molar refractivity (Wildman–Crippen MR) is 110 cm³/mol.